The number of nitrogens with one attached hydrogen (secondary N) is 1. The van der Waals surface area contributed by atoms with Crippen LogP contribution >= 0.6 is 0 Å². The summed E-state index contributed by atoms with van der Waals surface area (Å²) in [5.74, 6) is -0.641. The van der Waals surface area contributed by atoms with Gasteiger partial charge in [-0.3, -0.25) is 14.6 Å². The first-order chi connectivity index (χ1) is 16.7. The molecule has 4 aromatic rings. The fourth-order valence-electron chi connectivity index (χ4n) is 3.61. The maximum Gasteiger partial charge on any atom is 0.338 e. The highest BCUT2D eigenvalue weighted by molar-refractivity contribution is 5.98. The summed E-state index contributed by atoms with van der Waals surface area (Å²) in [4.78, 5) is 42.0. The van der Waals surface area contributed by atoms with E-state index in [1.807, 2.05) is 39.0 Å². The number of benzene rings is 2. The number of hydrogen-bond donors (Lipinski definition) is 1. The van der Waals surface area contributed by atoms with E-state index in [0.29, 0.717) is 29.6 Å². The normalized spacial score (nSPS) is 11.3. The Balaban J connectivity index is 1.51. The van der Waals surface area contributed by atoms with Gasteiger partial charge in [0.2, 0.25) is 0 Å². The number of carbonyl (C=O) groups excluding carboxylic acids is 2. The number of amides is 1. The van der Waals surface area contributed by atoms with Crippen molar-refractivity contribution in [1.29, 1.82) is 0 Å². The Labute approximate surface area is 203 Å². The Bertz CT molecular complexity index is 1420. The maximum absolute atomic E-state index is 13.2. The molecule has 0 bridgehead atoms. The van der Waals surface area contributed by atoms with E-state index in [2.05, 4.69) is 10.3 Å². The number of pyridine rings is 2. The van der Waals surface area contributed by atoms with Crippen molar-refractivity contribution in [1.82, 2.24) is 14.9 Å². The molecular weight excluding hydrogens is 442 g/mol. The summed E-state index contributed by atoms with van der Waals surface area (Å²) < 4.78 is 6.98. The number of ether oxygens (including phenoxy) is 1. The van der Waals surface area contributed by atoms with E-state index in [1.165, 1.54) is 0 Å². The standard InChI is InChI=1S/C28H27N3O4/c1-28(2,3)35-27(34)22-6-4-20(5-7-22)18-31-15-12-21-8-9-23(16-24(21)26(31)33)25(32)30-17-19-10-13-29-14-11-19/h4-16H,17-18H2,1-3H3,(H,30,32). The van der Waals surface area contributed by atoms with Crippen molar-refractivity contribution >= 4 is 22.6 Å². The molecule has 0 aliphatic carbocycles. The number of nitrogens with zero attached hydrogens (tertiary/aromatic N) is 2. The van der Waals surface area contributed by atoms with Crippen LogP contribution in [0.2, 0.25) is 0 Å². The summed E-state index contributed by atoms with van der Waals surface area (Å²) in [6.45, 7) is 6.17. The van der Waals surface area contributed by atoms with E-state index in [0.717, 1.165) is 16.5 Å². The van der Waals surface area contributed by atoms with Crippen LogP contribution in [0.25, 0.3) is 10.8 Å². The van der Waals surface area contributed by atoms with Crippen molar-refractivity contribution in [2.45, 2.75) is 39.5 Å². The maximum atomic E-state index is 13.2. The van der Waals surface area contributed by atoms with Gasteiger partial charge >= 0.3 is 5.97 Å². The Morgan fingerprint density at radius 2 is 1.60 bits per heavy atom. The second kappa shape index (κ2) is 9.93. The minimum absolute atomic E-state index is 0.192. The van der Waals surface area contributed by atoms with E-state index < -0.39 is 5.60 Å². The molecule has 2 aromatic heterocycles. The molecule has 178 valence electrons. The van der Waals surface area contributed by atoms with Crippen molar-refractivity contribution < 1.29 is 14.3 Å². The summed E-state index contributed by atoms with van der Waals surface area (Å²) in [5.41, 5.74) is 1.92. The molecule has 0 saturated carbocycles. The minimum Gasteiger partial charge on any atom is -0.456 e. The number of esters is 1. The Morgan fingerprint density at radius 3 is 2.29 bits per heavy atom. The minimum atomic E-state index is -0.567. The summed E-state index contributed by atoms with van der Waals surface area (Å²) in [6.07, 6.45) is 5.08. The summed E-state index contributed by atoms with van der Waals surface area (Å²) >= 11 is 0. The molecule has 35 heavy (non-hydrogen) atoms. The average molecular weight is 470 g/mol. The topological polar surface area (TPSA) is 90.3 Å². The molecule has 0 saturated heterocycles. The van der Waals surface area contributed by atoms with Gasteiger partial charge in [-0.25, -0.2) is 4.79 Å². The molecule has 0 fully saturated rings. The summed E-state index contributed by atoms with van der Waals surface area (Å²) in [5, 5.41) is 4.10. The molecule has 0 atom stereocenters. The zero-order chi connectivity index (χ0) is 25.0. The summed E-state index contributed by atoms with van der Waals surface area (Å²) in [7, 11) is 0. The molecule has 1 amide bonds. The number of carbonyl (C=O) groups is 2. The van der Waals surface area contributed by atoms with Gasteiger partial charge in [0, 0.05) is 36.1 Å². The molecule has 0 unspecified atom stereocenters. The zero-order valence-corrected chi connectivity index (χ0v) is 19.9. The number of hydrogen-bond acceptors (Lipinski definition) is 5. The lowest BCUT2D eigenvalue weighted by Crippen LogP contribution is -2.24. The third-order valence-electron chi connectivity index (χ3n) is 5.38. The number of fused-ring (bicyclic) bond motifs is 1. The molecule has 0 spiro atoms. The molecule has 1 N–H and O–H groups in total. The molecule has 2 aromatic carbocycles. The lowest BCUT2D eigenvalue weighted by molar-refractivity contribution is 0.00694. The SMILES string of the molecule is CC(C)(C)OC(=O)c1ccc(Cn2ccc3ccc(C(=O)NCc4ccncc4)cc3c2=O)cc1. The quantitative estimate of drug-likeness (QED) is 0.425. The van der Waals surface area contributed by atoms with Crippen LogP contribution in [0.5, 0.6) is 0 Å². The van der Waals surface area contributed by atoms with Crippen LogP contribution in [0.15, 0.2) is 84.0 Å². The second-order valence-electron chi connectivity index (χ2n) is 9.29. The van der Waals surface area contributed by atoms with Crippen LogP contribution in [0.3, 0.4) is 0 Å². The van der Waals surface area contributed by atoms with Crippen LogP contribution in [0.1, 0.15) is 52.6 Å². The van der Waals surface area contributed by atoms with E-state index in [4.69, 9.17) is 4.74 Å². The van der Waals surface area contributed by atoms with Crippen LogP contribution in [-0.2, 0) is 17.8 Å². The van der Waals surface area contributed by atoms with Crippen LogP contribution in [0, 0.1) is 0 Å². The van der Waals surface area contributed by atoms with Gasteiger partial charge in [-0.15, -0.1) is 0 Å². The van der Waals surface area contributed by atoms with Crippen molar-refractivity contribution in [2.24, 2.45) is 0 Å². The largest absolute Gasteiger partial charge is 0.456 e. The fourth-order valence-corrected chi connectivity index (χ4v) is 3.61. The average Bonchev–Trinajstić information content (AvgIpc) is 2.84. The van der Waals surface area contributed by atoms with Crippen molar-refractivity contribution in [3.05, 3.63) is 112 Å². The van der Waals surface area contributed by atoms with Gasteiger partial charge in [-0.2, -0.15) is 0 Å². The highest BCUT2D eigenvalue weighted by Gasteiger charge is 2.17. The lowest BCUT2D eigenvalue weighted by Gasteiger charge is -2.19. The van der Waals surface area contributed by atoms with E-state index in [-0.39, 0.29) is 17.4 Å². The van der Waals surface area contributed by atoms with Gasteiger partial charge in [-0.05, 0) is 79.7 Å². The third-order valence-corrected chi connectivity index (χ3v) is 5.38. The van der Waals surface area contributed by atoms with E-state index in [1.54, 1.807) is 65.6 Å². The highest BCUT2D eigenvalue weighted by atomic mass is 16.6. The monoisotopic (exact) mass is 469 g/mol. The van der Waals surface area contributed by atoms with Crippen LogP contribution < -0.4 is 10.9 Å². The fraction of sp³-hybridized carbons (Fsp3) is 0.214. The smallest absolute Gasteiger partial charge is 0.338 e. The summed E-state index contributed by atoms with van der Waals surface area (Å²) in [6, 6.07) is 17.6. The predicted octanol–water partition coefficient (Wildman–Crippen LogP) is 4.33. The van der Waals surface area contributed by atoms with Gasteiger partial charge in [0.1, 0.15) is 5.60 Å². The van der Waals surface area contributed by atoms with Gasteiger partial charge in [0.25, 0.3) is 11.5 Å². The Hall–Kier alpha value is -4.26. The van der Waals surface area contributed by atoms with Gasteiger partial charge in [0.05, 0.1) is 12.1 Å². The van der Waals surface area contributed by atoms with Gasteiger partial charge < -0.3 is 14.6 Å². The first-order valence-electron chi connectivity index (χ1n) is 11.3. The van der Waals surface area contributed by atoms with E-state index >= 15 is 0 Å². The lowest BCUT2D eigenvalue weighted by atomic mass is 10.1. The third kappa shape index (κ3) is 6.00. The molecule has 2 heterocycles. The molecule has 7 nitrogen and oxygen atoms in total. The first kappa shape index (κ1) is 23.9. The van der Waals surface area contributed by atoms with Gasteiger partial charge in [-0.1, -0.05) is 18.2 Å². The van der Waals surface area contributed by atoms with Crippen molar-refractivity contribution in [2.75, 3.05) is 0 Å². The highest BCUT2D eigenvalue weighted by Crippen LogP contribution is 2.15. The molecule has 0 aliphatic heterocycles. The van der Waals surface area contributed by atoms with Gasteiger partial charge in [0.15, 0.2) is 0 Å². The Kier molecular flexibility index (Phi) is 6.78. The first-order valence-corrected chi connectivity index (χ1v) is 11.3. The van der Waals surface area contributed by atoms with Crippen molar-refractivity contribution in [3.63, 3.8) is 0 Å². The number of aromatic nitrogens is 2. The zero-order valence-electron chi connectivity index (χ0n) is 19.9. The molecule has 4 rings (SSSR count). The van der Waals surface area contributed by atoms with Crippen LogP contribution in [-0.4, -0.2) is 27.0 Å². The Morgan fingerprint density at radius 1 is 0.914 bits per heavy atom. The second-order valence-corrected chi connectivity index (χ2v) is 9.29. The van der Waals surface area contributed by atoms with E-state index in [9.17, 15) is 14.4 Å². The predicted molar refractivity (Wildman–Crippen MR) is 134 cm³/mol. The number of rotatable bonds is 6. The molecule has 0 aliphatic rings. The molecule has 0 radical (unpaired) electrons. The molecule has 7 heteroatoms. The van der Waals surface area contributed by atoms with Crippen molar-refractivity contribution in [3.8, 4) is 0 Å². The molecular formula is C28H27N3O4. The van der Waals surface area contributed by atoms with Crippen LogP contribution in [0.4, 0.5) is 0 Å².